The maximum Gasteiger partial charge on any atom is 0.573 e. The topological polar surface area (TPSA) is 29.5 Å². The largest absolute Gasteiger partial charge is 0.573 e. The Bertz CT molecular complexity index is 720. The first-order valence-corrected chi connectivity index (χ1v) is 5.93. The number of ether oxygens (including phenoxy) is 1. The van der Waals surface area contributed by atoms with Crippen LogP contribution in [0.2, 0.25) is 0 Å². The molecule has 0 aromatic heterocycles. The molecule has 0 bridgehead atoms. The lowest BCUT2D eigenvalue weighted by atomic mass is 10.0. The van der Waals surface area contributed by atoms with Gasteiger partial charge in [0.05, 0.1) is 5.56 Å². The van der Waals surface area contributed by atoms with Crippen LogP contribution in [0.5, 0.6) is 11.5 Å². The van der Waals surface area contributed by atoms with Gasteiger partial charge in [-0.05, 0) is 29.8 Å². The Labute approximate surface area is 124 Å². The van der Waals surface area contributed by atoms with E-state index in [1.54, 1.807) is 0 Å². The van der Waals surface area contributed by atoms with Gasteiger partial charge in [0.1, 0.15) is 5.82 Å². The van der Waals surface area contributed by atoms with Gasteiger partial charge in [0.2, 0.25) is 0 Å². The average molecular weight is 340 g/mol. The quantitative estimate of drug-likeness (QED) is 0.770. The molecule has 0 aliphatic rings. The van der Waals surface area contributed by atoms with Gasteiger partial charge in [0, 0.05) is 5.56 Å². The molecule has 9 heteroatoms. The van der Waals surface area contributed by atoms with E-state index < -0.39 is 35.4 Å². The van der Waals surface area contributed by atoms with E-state index in [9.17, 15) is 35.8 Å². The summed E-state index contributed by atoms with van der Waals surface area (Å²) in [7, 11) is 0. The lowest BCUT2D eigenvalue weighted by Crippen LogP contribution is -2.17. The van der Waals surface area contributed by atoms with Crippen molar-refractivity contribution in [2.75, 3.05) is 0 Å². The second kappa shape index (κ2) is 5.64. The first-order valence-electron chi connectivity index (χ1n) is 5.93. The van der Waals surface area contributed by atoms with Gasteiger partial charge in [-0.3, -0.25) is 0 Å². The maximum atomic E-state index is 13.8. The molecule has 2 nitrogen and oxygen atoms in total. The lowest BCUT2D eigenvalue weighted by molar-refractivity contribution is -0.275. The number of phenolic OH excluding ortho intramolecular Hbond substituents is 1. The Balaban J connectivity index is 2.45. The van der Waals surface area contributed by atoms with Crippen LogP contribution in [-0.4, -0.2) is 11.5 Å². The summed E-state index contributed by atoms with van der Waals surface area (Å²) >= 11 is 0. The molecule has 23 heavy (non-hydrogen) atoms. The Hall–Kier alpha value is -2.45. The Morgan fingerprint density at radius 1 is 0.870 bits per heavy atom. The van der Waals surface area contributed by atoms with E-state index in [0.717, 1.165) is 18.2 Å². The molecule has 0 atom stereocenters. The molecular weight excluding hydrogens is 333 g/mol. The van der Waals surface area contributed by atoms with E-state index in [-0.39, 0.29) is 17.2 Å². The Kier molecular flexibility index (Phi) is 4.14. The number of hydrogen-bond donors (Lipinski definition) is 1. The fraction of sp³-hybridized carbons (Fsp3) is 0.143. The third-order valence-corrected chi connectivity index (χ3v) is 2.79. The van der Waals surface area contributed by atoms with Gasteiger partial charge in [-0.25, -0.2) is 4.39 Å². The average Bonchev–Trinajstić information content (AvgIpc) is 2.39. The molecule has 124 valence electrons. The van der Waals surface area contributed by atoms with Crippen molar-refractivity contribution in [3.63, 3.8) is 0 Å². The first kappa shape index (κ1) is 16.9. The first-order chi connectivity index (χ1) is 10.5. The van der Waals surface area contributed by atoms with E-state index in [4.69, 9.17) is 0 Å². The van der Waals surface area contributed by atoms with E-state index in [2.05, 4.69) is 4.74 Å². The van der Waals surface area contributed by atoms with E-state index in [1.807, 2.05) is 0 Å². The highest BCUT2D eigenvalue weighted by Crippen LogP contribution is 2.37. The predicted octanol–water partition coefficient (Wildman–Crippen LogP) is 5.12. The van der Waals surface area contributed by atoms with Crippen molar-refractivity contribution >= 4 is 0 Å². The van der Waals surface area contributed by atoms with Crippen LogP contribution in [0.3, 0.4) is 0 Å². The molecule has 0 aliphatic carbocycles. The lowest BCUT2D eigenvalue weighted by Gasteiger charge is -2.13. The van der Waals surface area contributed by atoms with Crippen molar-refractivity contribution in [2.24, 2.45) is 0 Å². The van der Waals surface area contributed by atoms with E-state index in [0.29, 0.717) is 12.1 Å². The highest BCUT2D eigenvalue weighted by atomic mass is 19.4. The molecular formula is C14H7F7O2. The van der Waals surface area contributed by atoms with Crippen LogP contribution in [-0.2, 0) is 6.18 Å². The van der Waals surface area contributed by atoms with Gasteiger partial charge >= 0.3 is 12.5 Å². The summed E-state index contributed by atoms with van der Waals surface area (Å²) in [6.45, 7) is 0. The number of alkyl halides is 6. The number of aromatic hydroxyl groups is 1. The number of rotatable bonds is 2. The highest BCUT2D eigenvalue weighted by Gasteiger charge is 2.33. The van der Waals surface area contributed by atoms with Gasteiger partial charge in [-0.1, -0.05) is 12.1 Å². The molecule has 2 aromatic rings. The second-order valence-corrected chi connectivity index (χ2v) is 4.42. The smallest absolute Gasteiger partial charge is 0.504 e. The van der Waals surface area contributed by atoms with Crippen molar-refractivity contribution < 1.29 is 40.6 Å². The molecule has 0 aliphatic heterocycles. The van der Waals surface area contributed by atoms with Crippen molar-refractivity contribution in [3.05, 3.63) is 47.8 Å². The van der Waals surface area contributed by atoms with Crippen LogP contribution in [0.25, 0.3) is 11.1 Å². The van der Waals surface area contributed by atoms with E-state index >= 15 is 0 Å². The molecule has 2 rings (SSSR count). The summed E-state index contributed by atoms with van der Waals surface area (Å²) in [5, 5.41) is 9.30. The molecule has 0 saturated heterocycles. The number of benzene rings is 2. The zero-order chi connectivity index (χ0) is 17.4. The van der Waals surface area contributed by atoms with E-state index in [1.165, 1.54) is 0 Å². The van der Waals surface area contributed by atoms with Crippen LogP contribution in [0, 0.1) is 5.82 Å². The zero-order valence-corrected chi connectivity index (χ0v) is 11.0. The molecule has 0 fully saturated rings. The predicted molar refractivity (Wildman–Crippen MR) is 65.2 cm³/mol. The summed E-state index contributed by atoms with van der Waals surface area (Å²) in [4.78, 5) is 0. The minimum atomic E-state index is -5.09. The normalized spacial score (nSPS) is 12.3. The second-order valence-electron chi connectivity index (χ2n) is 4.42. The summed E-state index contributed by atoms with van der Waals surface area (Å²) in [5.74, 6) is -3.11. The standard InChI is InChI=1S/C14H7F7O2/c15-10-6-8(13(16,17)18)2-3-9(10)7-1-4-11(22)12(5-7)23-14(19,20)21/h1-6,22H. The van der Waals surface area contributed by atoms with Crippen LogP contribution >= 0.6 is 0 Å². The monoisotopic (exact) mass is 340 g/mol. The van der Waals surface area contributed by atoms with Gasteiger partial charge in [-0.15, -0.1) is 13.2 Å². The Morgan fingerprint density at radius 2 is 1.52 bits per heavy atom. The molecule has 0 unspecified atom stereocenters. The summed E-state index contributed by atoms with van der Waals surface area (Å²) in [5.41, 5.74) is -1.79. The summed E-state index contributed by atoms with van der Waals surface area (Å²) < 4.78 is 91.3. The third kappa shape index (κ3) is 4.05. The van der Waals surface area contributed by atoms with Gasteiger partial charge in [-0.2, -0.15) is 13.2 Å². The third-order valence-electron chi connectivity index (χ3n) is 2.79. The number of halogens is 7. The molecule has 0 saturated carbocycles. The van der Waals surface area contributed by atoms with Gasteiger partial charge < -0.3 is 9.84 Å². The fourth-order valence-electron chi connectivity index (χ4n) is 1.81. The van der Waals surface area contributed by atoms with Crippen molar-refractivity contribution in [3.8, 4) is 22.6 Å². The minimum Gasteiger partial charge on any atom is -0.504 e. The molecule has 0 radical (unpaired) electrons. The molecule has 2 aromatic carbocycles. The minimum absolute atomic E-state index is 0.187. The van der Waals surface area contributed by atoms with Gasteiger partial charge in [0.15, 0.2) is 11.5 Å². The van der Waals surface area contributed by atoms with Crippen LogP contribution in [0.4, 0.5) is 30.7 Å². The van der Waals surface area contributed by atoms with Crippen LogP contribution in [0.1, 0.15) is 5.56 Å². The maximum absolute atomic E-state index is 13.8. The highest BCUT2D eigenvalue weighted by molar-refractivity contribution is 5.68. The zero-order valence-electron chi connectivity index (χ0n) is 11.0. The molecule has 1 N–H and O–H groups in total. The van der Waals surface area contributed by atoms with Gasteiger partial charge in [0.25, 0.3) is 0 Å². The van der Waals surface area contributed by atoms with Crippen molar-refractivity contribution in [1.29, 1.82) is 0 Å². The Morgan fingerprint density at radius 3 is 2.04 bits per heavy atom. The van der Waals surface area contributed by atoms with Crippen molar-refractivity contribution in [1.82, 2.24) is 0 Å². The molecule has 0 spiro atoms. The number of phenols is 1. The SMILES string of the molecule is Oc1ccc(-c2ccc(C(F)(F)F)cc2F)cc1OC(F)(F)F. The fourth-order valence-corrected chi connectivity index (χ4v) is 1.81. The summed E-state index contributed by atoms with van der Waals surface area (Å²) in [6, 6.07) is 4.14. The molecule has 0 amide bonds. The molecule has 0 heterocycles. The number of hydrogen-bond acceptors (Lipinski definition) is 2. The van der Waals surface area contributed by atoms with Crippen molar-refractivity contribution in [2.45, 2.75) is 12.5 Å². The van der Waals surface area contributed by atoms with Crippen LogP contribution < -0.4 is 4.74 Å². The van der Waals surface area contributed by atoms with Crippen LogP contribution in [0.15, 0.2) is 36.4 Å². The summed E-state index contributed by atoms with van der Waals surface area (Å²) in [6.07, 6.45) is -9.84.